The van der Waals surface area contributed by atoms with Crippen LogP contribution in [0.5, 0.6) is 11.5 Å². The van der Waals surface area contributed by atoms with Crippen molar-refractivity contribution in [3.63, 3.8) is 0 Å². The molecule has 152 valence electrons. The Morgan fingerprint density at radius 3 is 2.47 bits per heavy atom. The van der Waals surface area contributed by atoms with E-state index in [9.17, 15) is 4.79 Å². The van der Waals surface area contributed by atoms with Crippen molar-refractivity contribution < 1.29 is 9.47 Å². The number of methoxy groups -OCH3 is 1. The maximum absolute atomic E-state index is 13.2. The molecular weight excluding hydrogens is 400 g/mol. The fraction of sp³-hybridized carbons (Fsp3) is 0.167. The summed E-state index contributed by atoms with van der Waals surface area (Å²) in [6.07, 6.45) is 0. The number of hydrogen-bond acceptors (Lipinski definition) is 4. The predicted octanol–water partition coefficient (Wildman–Crippen LogP) is 5.11. The molecule has 0 fully saturated rings. The summed E-state index contributed by atoms with van der Waals surface area (Å²) in [5, 5.41) is 1.27. The molecule has 4 rings (SSSR count). The van der Waals surface area contributed by atoms with Crippen molar-refractivity contribution in [1.82, 2.24) is 9.55 Å². The highest BCUT2D eigenvalue weighted by molar-refractivity contribution is 6.31. The van der Waals surface area contributed by atoms with Gasteiger partial charge >= 0.3 is 0 Å². The summed E-state index contributed by atoms with van der Waals surface area (Å²) in [4.78, 5) is 18.0. The fourth-order valence-corrected chi connectivity index (χ4v) is 3.42. The molecule has 0 aliphatic heterocycles. The molecule has 0 spiro atoms. The van der Waals surface area contributed by atoms with E-state index in [2.05, 4.69) is 0 Å². The van der Waals surface area contributed by atoms with Gasteiger partial charge in [0.05, 0.1) is 24.6 Å². The molecule has 0 unspecified atom stereocenters. The zero-order valence-electron chi connectivity index (χ0n) is 16.8. The van der Waals surface area contributed by atoms with E-state index >= 15 is 0 Å². The number of benzene rings is 3. The third-order valence-corrected chi connectivity index (χ3v) is 5.35. The maximum Gasteiger partial charge on any atom is 0.261 e. The Bertz CT molecular complexity index is 1250. The number of aryl methyl sites for hydroxylation is 1. The second kappa shape index (κ2) is 8.59. The Balaban J connectivity index is 1.69. The molecule has 0 aliphatic rings. The van der Waals surface area contributed by atoms with E-state index in [-0.39, 0.29) is 5.56 Å². The average Bonchev–Trinajstić information content (AvgIpc) is 2.77. The van der Waals surface area contributed by atoms with Crippen LogP contribution in [-0.2, 0) is 6.54 Å². The van der Waals surface area contributed by atoms with Crippen molar-refractivity contribution in [1.29, 1.82) is 0 Å². The first-order chi connectivity index (χ1) is 14.6. The van der Waals surface area contributed by atoms with Crippen LogP contribution in [0, 0.1) is 6.92 Å². The molecule has 4 aromatic rings. The van der Waals surface area contributed by atoms with Gasteiger partial charge in [0.25, 0.3) is 5.56 Å². The minimum atomic E-state index is -0.0951. The normalized spacial score (nSPS) is 10.9. The topological polar surface area (TPSA) is 53.3 Å². The molecule has 0 amide bonds. The number of para-hydroxylation sites is 1. The quantitative estimate of drug-likeness (QED) is 0.434. The van der Waals surface area contributed by atoms with E-state index in [0.29, 0.717) is 40.7 Å². The highest BCUT2D eigenvalue weighted by Gasteiger charge is 2.13. The van der Waals surface area contributed by atoms with Gasteiger partial charge in [-0.3, -0.25) is 9.36 Å². The SMILES string of the molecule is COc1ccc(-c2nc3ccccc3c(=O)n2CCOc2ccc(Cl)c(C)c2)cc1. The monoisotopic (exact) mass is 420 g/mol. The summed E-state index contributed by atoms with van der Waals surface area (Å²) in [7, 11) is 1.62. The molecule has 0 bridgehead atoms. The van der Waals surface area contributed by atoms with Gasteiger partial charge in [-0.2, -0.15) is 0 Å². The van der Waals surface area contributed by atoms with Gasteiger partial charge in [0, 0.05) is 10.6 Å². The number of ether oxygens (including phenoxy) is 2. The zero-order valence-corrected chi connectivity index (χ0v) is 17.5. The standard InChI is InChI=1S/C24H21ClN2O3/c1-16-15-19(11-12-21(16)25)30-14-13-27-23(17-7-9-18(29-2)10-8-17)26-22-6-4-3-5-20(22)24(27)28/h3-12,15H,13-14H2,1-2H3. The molecule has 3 aromatic carbocycles. The first-order valence-corrected chi connectivity index (χ1v) is 9.97. The lowest BCUT2D eigenvalue weighted by molar-refractivity contribution is 0.297. The van der Waals surface area contributed by atoms with Crippen LogP contribution in [0.3, 0.4) is 0 Å². The highest BCUT2D eigenvalue weighted by atomic mass is 35.5. The molecular formula is C24H21ClN2O3. The molecule has 0 saturated carbocycles. The van der Waals surface area contributed by atoms with Crippen molar-refractivity contribution in [2.75, 3.05) is 13.7 Å². The van der Waals surface area contributed by atoms with Gasteiger partial charge in [0.1, 0.15) is 23.9 Å². The van der Waals surface area contributed by atoms with Crippen LogP contribution in [0.25, 0.3) is 22.3 Å². The average molecular weight is 421 g/mol. The molecule has 0 atom stereocenters. The Labute approximate surface area is 179 Å². The van der Waals surface area contributed by atoms with Crippen LogP contribution in [0.1, 0.15) is 5.56 Å². The van der Waals surface area contributed by atoms with Crippen LogP contribution in [0.2, 0.25) is 5.02 Å². The van der Waals surface area contributed by atoms with Crippen molar-refractivity contribution >= 4 is 22.5 Å². The van der Waals surface area contributed by atoms with Gasteiger partial charge < -0.3 is 9.47 Å². The van der Waals surface area contributed by atoms with E-state index in [1.54, 1.807) is 23.8 Å². The van der Waals surface area contributed by atoms with Crippen molar-refractivity contribution in [2.45, 2.75) is 13.5 Å². The van der Waals surface area contributed by atoms with E-state index in [0.717, 1.165) is 16.9 Å². The fourth-order valence-electron chi connectivity index (χ4n) is 3.30. The summed E-state index contributed by atoms with van der Waals surface area (Å²) in [6, 6.07) is 20.4. The lowest BCUT2D eigenvalue weighted by atomic mass is 10.1. The number of fused-ring (bicyclic) bond motifs is 1. The predicted molar refractivity (Wildman–Crippen MR) is 120 cm³/mol. The number of hydrogen-bond donors (Lipinski definition) is 0. The highest BCUT2D eigenvalue weighted by Crippen LogP contribution is 2.23. The third-order valence-electron chi connectivity index (χ3n) is 4.92. The minimum Gasteiger partial charge on any atom is -0.497 e. The Kier molecular flexibility index (Phi) is 5.72. The number of halogens is 1. The van der Waals surface area contributed by atoms with Gasteiger partial charge in [-0.05, 0) is 67.1 Å². The lowest BCUT2D eigenvalue weighted by Crippen LogP contribution is -2.26. The zero-order chi connectivity index (χ0) is 21.1. The van der Waals surface area contributed by atoms with Crippen LogP contribution in [0.15, 0.2) is 71.5 Å². The molecule has 0 saturated heterocycles. The molecule has 1 heterocycles. The van der Waals surface area contributed by atoms with Crippen molar-refractivity contribution in [3.05, 3.63) is 87.7 Å². The second-order valence-electron chi connectivity index (χ2n) is 6.90. The molecule has 0 aliphatic carbocycles. The van der Waals surface area contributed by atoms with Gasteiger partial charge in [-0.25, -0.2) is 4.98 Å². The molecule has 0 radical (unpaired) electrons. The smallest absolute Gasteiger partial charge is 0.261 e. The summed E-state index contributed by atoms with van der Waals surface area (Å²) in [6.45, 7) is 2.61. The minimum absolute atomic E-state index is 0.0951. The van der Waals surface area contributed by atoms with E-state index in [4.69, 9.17) is 26.1 Å². The molecule has 30 heavy (non-hydrogen) atoms. The molecule has 1 aromatic heterocycles. The van der Waals surface area contributed by atoms with Crippen LogP contribution in [-0.4, -0.2) is 23.3 Å². The second-order valence-corrected chi connectivity index (χ2v) is 7.30. The van der Waals surface area contributed by atoms with E-state index in [1.807, 2.05) is 61.5 Å². The third kappa shape index (κ3) is 4.02. The van der Waals surface area contributed by atoms with Gasteiger partial charge in [-0.15, -0.1) is 0 Å². The Morgan fingerprint density at radius 2 is 1.73 bits per heavy atom. The lowest BCUT2D eigenvalue weighted by Gasteiger charge is -2.15. The summed E-state index contributed by atoms with van der Waals surface area (Å²) in [5.74, 6) is 2.05. The van der Waals surface area contributed by atoms with E-state index < -0.39 is 0 Å². The van der Waals surface area contributed by atoms with Gasteiger partial charge in [-0.1, -0.05) is 23.7 Å². The number of nitrogens with zero attached hydrogens (tertiary/aromatic N) is 2. The van der Waals surface area contributed by atoms with Crippen LogP contribution >= 0.6 is 11.6 Å². The summed E-state index contributed by atoms with van der Waals surface area (Å²) < 4.78 is 12.8. The molecule has 6 heteroatoms. The number of rotatable bonds is 6. The Morgan fingerprint density at radius 1 is 1.00 bits per heavy atom. The molecule has 0 N–H and O–H groups in total. The first kappa shape index (κ1) is 20.0. The van der Waals surface area contributed by atoms with Crippen LogP contribution in [0.4, 0.5) is 0 Å². The van der Waals surface area contributed by atoms with Crippen molar-refractivity contribution in [2.24, 2.45) is 0 Å². The van der Waals surface area contributed by atoms with Gasteiger partial charge in [0.2, 0.25) is 0 Å². The molecule has 5 nitrogen and oxygen atoms in total. The summed E-state index contributed by atoms with van der Waals surface area (Å²) in [5.41, 5.74) is 2.35. The van der Waals surface area contributed by atoms with Crippen LogP contribution < -0.4 is 15.0 Å². The van der Waals surface area contributed by atoms with Gasteiger partial charge in [0.15, 0.2) is 0 Å². The largest absolute Gasteiger partial charge is 0.497 e. The maximum atomic E-state index is 13.2. The Hall–Kier alpha value is -3.31. The first-order valence-electron chi connectivity index (χ1n) is 9.60. The number of aromatic nitrogens is 2. The van der Waals surface area contributed by atoms with E-state index in [1.165, 1.54) is 0 Å². The summed E-state index contributed by atoms with van der Waals surface area (Å²) >= 11 is 6.08. The van der Waals surface area contributed by atoms with Crippen molar-refractivity contribution in [3.8, 4) is 22.9 Å².